The molecule has 6 rings (SSSR count). The zero-order chi connectivity index (χ0) is 18.8. The summed E-state index contributed by atoms with van der Waals surface area (Å²) in [6, 6.07) is 27.5. The van der Waals surface area contributed by atoms with Crippen LogP contribution in [0.3, 0.4) is 0 Å². The fourth-order valence-electron chi connectivity index (χ4n) is 4.43. The first-order chi connectivity index (χ1) is 13.7. The van der Waals surface area contributed by atoms with Gasteiger partial charge in [0, 0.05) is 44.1 Å². The Hall–Kier alpha value is -3.04. The molecule has 28 heavy (non-hydrogen) atoms. The summed E-state index contributed by atoms with van der Waals surface area (Å²) in [5.41, 5.74) is 6.55. The summed E-state index contributed by atoms with van der Waals surface area (Å²) in [6.07, 6.45) is 0. The average Bonchev–Trinajstić information content (AvgIpc) is 3.24. The SMILES string of the molecule is Cn1c2ccccc2c2cc3c(oc4ccccc43)c(-c3ccccc3Br)c21. The van der Waals surface area contributed by atoms with Crippen LogP contribution in [0.5, 0.6) is 0 Å². The molecule has 0 amide bonds. The number of hydrogen-bond acceptors (Lipinski definition) is 1. The molecule has 2 aromatic heterocycles. The molecule has 3 heteroatoms. The van der Waals surface area contributed by atoms with E-state index in [4.69, 9.17) is 4.42 Å². The number of benzene rings is 4. The smallest absolute Gasteiger partial charge is 0.145 e. The highest BCUT2D eigenvalue weighted by Gasteiger charge is 2.21. The average molecular weight is 426 g/mol. The third kappa shape index (κ3) is 2.02. The number of nitrogens with zero attached hydrogens (tertiary/aromatic N) is 1. The number of hydrogen-bond donors (Lipinski definition) is 0. The van der Waals surface area contributed by atoms with E-state index in [2.05, 4.69) is 88.2 Å². The number of para-hydroxylation sites is 2. The molecule has 2 nitrogen and oxygen atoms in total. The Morgan fingerprint density at radius 2 is 1.46 bits per heavy atom. The highest BCUT2D eigenvalue weighted by molar-refractivity contribution is 9.10. The quantitative estimate of drug-likeness (QED) is 0.264. The largest absolute Gasteiger partial charge is 0.455 e. The molecule has 0 aliphatic rings. The van der Waals surface area contributed by atoms with Crippen LogP contribution in [0.1, 0.15) is 0 Å². The van der Waals surface area contributed by atoms with E-state index in [1.807, 2.05) is 18.2 Å². The molecule has 0 saturated heterocycles. The van der Waals surface area contributed by atoms with Gasteiger partial charge in [0.1, 0.15) is 11.2 Å². The number of fused-ring (bicyclic) bond motifs is 6. The van der Waals surface area contributed by atoms with Crippen molar-refractivity contribution in [3.63, 3.8) is 0 Å². The highest BCUT2D eigenvalue weighted by Crippen LogP contribution is 2.45. The molecule has 2 heterocycles. The minimum Gasteiger partial charge on any atom is -0.455 e. The van der Waals surface area contributed by atoms with Crippen molar-refractivity contribution >= 4 is 59.7 Å². The lowest BCUT2D eigenvalue weighted by molar-refractivity contribution is 0.670. The summed E-state index contributed by atoms with van der Waals surface area (Å²) < 4.78 is 9.77. The first-order valence-electron chi connectivity index (χ1n) is 9.30. The first-order valence-corrected chi connectivity index (χ1v) is 10.1. The summed E-state index contributed by atoms with van der Waals surface area (Å²) in [5, 5.41) is 4.83. The van der Waals surface area contributed by atoms with Crippen molar-refractivity contribution in [3.05, 3.63) is 83.3 Å². The molecule has 4 aromatic carbocycles. The molecule has 0 aliphatic carbocycles. The normalized spacial score (nSPS) is 11.9. The van der Waals surface area contributed by atoms with Crippen molar-refractivity contribution in [2.45, 2.75) is 0 Å². The lowest BCUT2D eigenvalue weighted by Gasteiger charge is -2.10. The Bertz CT molecular complexity index is 1540. The Balaban J connectivity index is 1.96. The van der Waals surface area contributed by atoms with Crippen LogP contribution in [0.4, 0.5) is 0 Å². The maximum Gasteiger partial charge on any atom is 0.145 e. The maximum atomic E-state index is 6.42. The zero-order valence-electron chi connectivity index (χ0n) is 15.2. The molecule has 0 spiro atoms. The van der Waals surface area contributed by atoms with Crippen molar-refractivity contribution in [1.82, 2.24) is 4.57 Å². The molecule has 0 aliphatic heterocycles. The van der Waals surface area contributed by atoms with Gasteiger partial charge in [-0.3, -0.25) is 0 Å². The molecule has 0 atom stereocenters. The van der Waals surface area contributed by atoms with Crippen LogP contribution in [0, 0.1) is 0 Å². The van der Waals surface area contributed by atoms with E-state index in [1.165, 1.54) is 21.8 Å². The van der Waals surface area contributed by atoms with E-state index in [-0.39, 0.29) is 0 Å². The topological polar surface area (TPSA) is 18.1 Å². The van der Waals surface area contributed by atoms with Gasteiger partial charge >= 0.3 is 0 Å². The Morgan fingerprint density at radius 1 is 0.750 bits per heavy atom. The molecule has 0 saturated carbocycles. The lowest BCUT2D eigenvalue weighted by Crippen LogP contribution is -1.91. The van der Waals surface area contributed by atoms with Gasteiger partial charge in [0.2, 0.25) is 0 Å². The van der Waals surface area contributed by atoms with Gasteiger partial charge in [-0.2, -0.15) is 0 Å². The maximum absolute atomic E-state index is 6.42. The van der Waals surface area contributed by atoms with E-state index in [1.54, 1.807) is 0 Å². The number of rotatable bonds is 1. The number of furan rings is 1. The standard InChI is InChI=1S/C25H16BrNO/c1-27-21-12-6-3-8-15(21)18-14-19-16-9-4-7-13-22(16)28-25(19)23(24(18)27)17-10-2-5-11-20(17)26/h2-14H,1H3. The van der Waals surface area contributed by atoms with Crippen LogP contribution in [-0.2, 0) is 7.05 Å². The van der Waals surface area contributed by atoms with Gasteiger partial charge in [0.25, 0.3) is 0 Å². The predicted octanol–water partition coefficient (Wildman–Crippen LogP) is 7.66. The summed E-state index contributed by atoms with van der Waals surface area (Å²) in [6.45, 7) is 0. The highest BCUT2D eigenvalue weighted by atomic mass is 79.9. The second kappa shape index (κ2) is 5.73. The minimum atomic E-state index is 0.922. The Labute approximate surface area is 170 Å². The third-order valence-corrected chi connectivity index (χ3v) is 6.37. The summed E-state index contributed by atoms with van der Waals surface area (Å²) in [7, 11) is 2.14. The van der Waals surface area contributed by atoms with Gasteiger partial charge in [-0.15, -0.1) is 0 Å². The predicted molar refractivity (Wildman–Crippen MR) is 121 cm³/mol. The van der Waals surface area contributed by atoms with Crippen LogP contribution < -0.4 is 0 Å². The Kier molecular flexibility index (Phi) is 3.27. The second-order valence-corrected chi connectivity index (χ2v) is 8.03. The van der Waals surface area contributed by atoms with E-state index in [9.17, 15) is 0 Å². The molecule has 0 unspecified atom stereocenters. The first kappa shape index (κ1) is 16.0. The molecule has 0 bridgehead atoms. The van der Waals surface area contributed by atoms with Crippen LogP contribution in [0.25, 0.3) is 54.9 Å². The van der Waals surface area contributed by atoms with Crippen LogP contribution >= 0.6 is 15.9 Å². The van der Waals surface area contributed by atoms with Gasteiger partial charge in [-0.25, -0.2) is 0 Å². The van der Waals surface area contributed by atoms with Gasteiger partial charge in [0.05, 0.1) is 11.1 Å². The van der Waals surface area contributed by atoms with Crippen molar-refractivity contribution in [1.29, 1.82) is 0 Å². The molecule has 0 fully saturated rings. The number of halogens is 1. The summed E-state index contributed by atoms with van der Waals surface area (Å²) >= 11 is 3.77. The van der Waals surface area contributed by atoms with Gasteiger partial charge < -0.3 is 8.98 Å². The third-order valence-electron chi connectivity index (χ3n) is 5.68. The van der Waals surface area contributed by atoms with Crippen LogP contribution in [0.2, 0.25) is 0 Å². The number of aryl methyl sites for hydroxylation is 1. The molecule has 134 valence electrons. The van der Waals surface area contributed by atoms with E-state index >= 15 is 0 Å². The molecule has 6 aromatic rings. The monoisotopic (exact) mass is 425 g/mol. The van der Waals surface area contributed by atoms with Crippen molar-refractivity contribution in [3.8, 4) is 11.1 Å². The fourth-order valence-corrected chi connectivity index (χ4v) is 4.91. The molecule has 0 radical (unpaired) electrons. The van der Waals surface area contributed by atoms with Crippen molar-refractivity contribution in [2.24, 2.45) is 7.05 Å². The van der Waals surface area contributed by atoms with Crippen LogP contribution in [-0.4, -0.2) is 4.57 Å². The van der Waals surface area contributed by atoms with Gasteiger partial charge in [-0.1, -0.05) is 70.5 Å². The summed E-state index contributed by atoms with van der Waals surface area (Å²) in [5.74, 6) is 0. The zero-order valence-corrected chi connectivity index (χ0v) is 16.8. The lowest BCUT2D eigenvalue weighted by atomic mass is 9.98. The minimum absolute atomic E-state index is 0.922. The van der Waals surface area contributed by atoms with E-state index in [0.717, 1.165) is 37.5 Å². The Morgan fingerprint density at radius 3 is 2.32 bits per heavy atom. The van der Waals surface area contributed by atoms with Gasteiger partial charge in [0.15, 0.2) is 0 Å². The van der Waals surface area contributed by atoms with Crippen molar-refractivity contribution in [2.75, 3.05) is 0 Å². The summed E-state index contributed by atoms with van der Waals surface area (Å²) in [4.78, 5) is 0. The second-order valence-electron chi connectivity index (χ2n) is 7.18. The van der Waals surface area contributed by atoms with E-state index in [0.29, 0.717) is 0 Å². The molecule has 0 N–H and O–H groups in total. The molecular formula is C25H16BrNO. The van der Waals surface area contributed by atoms with Gasteiger partial charge in [-0.05, 0) is 24.3 Å². The number of aromatic nitrogens is 1. The van der Waals surface area contributed by atoms with Crippen molar-refractivity contribution < 1.29 is 4.42 Å². The molecular weight excluding hydrogens is 410 g/mol. The van der Waals surface area contributed by atoms with E-state index < -0.39 is 0 Å². The van der Waals surface area contributed by atoms with Crippen LogP contribution in [0.15, 0.2) is 87.8 Å². The fraction of sp³-hybridized carbons (Fsp3) is 0.0400.